The molecule has 1 atom stereocenters. The number of carbonyl (C=O) groups is 2. The van der Waals surface area contributed by atoms with Crippen molar-refractivity contribution < 1.29 is 24.2 Å². The second-order valence-corrected chi connectivity index (χ2v) is 9.55. The van der Waals surface area contributed by atoms with Gasteiger partial charge in [-0.1, -0.05) is 23.2 Å². The molecule has 1 amide bonds. The molecule has 0 radical (unpaired) electrons. The zero-order valence-electron chi connectivity index (χ0n) is 17.9. The van der Waals surface area contributed by atoms with Crippen molar-refractivity contribution in [3.05, 3.63) is 81.8 Å². The van der Waals surface area contributed by atoms with Gasteiger partial charge in [0.15, 0.2) is 0 Å². The molecule has 2 N–H and O–H groups in total. The summed E-state index contributed by atoms with van der Waals surface area (Å²) < 4.78 is 11.5. The first-order chi connectivity index (χ1) is 16.4. The fourth-order valence-electron chi connectivity index (χ4n) is 3.49. The van der Waals surface area contributed by atoms with Crippen LogP contribution in [0.5, 0.6) is 17.2 Å². The normalized spacial score (nSPS) is 14.6. The van der Waals surface area contributed by atoms with Gasteiger partial charge in [-0.05, 0) is 61.0 Å². The van der Waals surface area contributed by atoms with Crippen LogP contribution >= 0.6 is 35.0 Å². The van der Waals surface area contributed by atoms with Crippen LogP contribution in [0.1, 0.15) is 28.3 Å². The highest BCUT2D eigenvalue weighted by molar-refractivity contribution is 7.99. The van der Waals surface area contributed by atoms with E-state index in [1.165, 1.54) is 0 Å². The van der Waals surface area contributed by atoms with Crippen LogP contribution < -0.4 is 14.8 Å². The Bertz CT molecular complexity index is 1190. The van der Waals surface area contributed by atoms with Crippen LogP contribution in [0, 0.1) is 0 Å². The van der Waals surface area contributed by atoms with Crippen molar-refractivity contribution in [2.75, 3.05) is 18.9 Å². The number of fused-ring (bicyclic) bond motifs is 1. The first-order valence-electron chi connectivity index (χ1n) is 10.5. The van der Waals surface area contributed by atoms with E-state index >= 15 is 0 Å². The van der Waals surface area contributed by atoms with Gasteiger partial charge >= 0.3 is 5.97 Å². The Morgan fingerprint density at radius 2 is 1.82 bits per heavy atom. The molecule has 0 fully saturated rings. The lowest BCUT2D eigenvalue weighted by Crippen LogP contribution is -2.25. The summed E-state index contributed by atoms with van der Waals surface area (Å²) >= 11 is 13.9. The molecule has 6 nitrogen and oxygen atoms in total. The van der Waals surface area contributed by atoms with Crippen LogP contribution in [0.4, 0.5) is 0 Å². The summed E-state index contributed by atoms with van der Waals surface area (Å²) in [5.74, 6) is 0.277. The molecule has 1 aliphatic heterocycles. The minimum Gasteiger partial charge on any atom is -0.493 e. The number of carboxylic acid groups (broad SMARTS) is 1. The lowest BCUT2D eigenvalue weighted by atomic mass is 9.93. The van der Waals surface area contributed by atoms with Crippen LogP contribution in [0.2, 0.25) is 10.0 Å². The van der Waals surface area contributed by atoms with E-state index in [0.29, 0.717) is 53.0 Å². The highest BCUT2D eigenvalue weighted by atomic mass is 35.5. The highest BCUT2D eigenvalue weighted by Crippen LogP contribution is 2.41. The van der Waals surface area contributed by atoms with E-state index in [0.717, 1.165) is 10.6 Å². The number of halogens is 2. The van der Waals surface area contributed by atoms with Gasteiger partial charge in [0.05, 0.1) is 17.5 Å². The van der Waals surface area contributed by atoms with Crippen LogP contribution in [-0.2, 0) is 4.79 Å². The molecule has 0 aromatic heterocycles. The van der Waals surface area contributed by atoms with Gasteiger partial charge in [-0.15, -0.1) is 11.8 Å². The van der Waals surface area contributed by atoms with Gasteiger partial charge in [0.25, 0.3) is 5.91 Å². The standard InChI is InChI=1S/C25H21Cl2NO5S/c26-16-3-7-18(8-4-16)34-12-10-28-24(29)15-1-5-17(6-2-15)33-23-14-22-20(13-21(23)27)19(25(30)31)9-11-32-22/h1-8,13-14,19H,9-12H2,(H,28,29)(H,30,31). The van der Waals surface area contributed by atoms with Crippen LogP contribution in [0.3, 0.4) is 0 Å². The molecule has 34 heavy (non-hydrogen) atoms. The van der Waals surface area contributed by atoms with Gasteiger partial charge in [-0.3, -0.25) is 9.59 Å². The van der Waals surface area contributed by atoms with Crippen LogP contribution in [0.25, 0.3) is 0 Å². The third-order valence-electron chi connectivity index (χ3n) is 5.22. The lowest BCUT2D eigenvalue weighted by molar-refractivity contribution is -0.139. The Labute approximate surface area is 211 Å². The average molecular weight is 518 g/mol. The van der Waals surface area contributed by atoms with E-state index in [9.17, 15) is 14.7 Å². The topological polar surface area (TPSA) is 84.9 Å². The lowest BCUT2D eigenvalue weighted by Gasteiger charge is -2.24. The molecule has 0 spiro atoms. The number of carboxylic acids is 1. The summed E-state index contributed by atoms with van der Waals surface area (Å²) in [4.78, 5) is 25.0. The molecule has 0 aliphatic carbocycles. The highest BCUT2D eigenvalue weighted by Gasteiger charge is 2.29. The number of hydrogen-bond acceptors (Lipinski definition) is 5. The smallest absolute Gasteiger partial charge is 0.311 e. The van der Waals surface area contributed by atoms with E-state index in [1.54, 1.807) is 48.2 Å². The van der Waals surface area contributed by atoms with Gasteiger partial charge < -0.3 is 19.9 Å². The summed E-state index contributed by atoms with van der Waals surface area (Å²) in [6.07, 6.45) is 0.391. The summed E-state index contributed by atoms with van der Waals surface area (Å²) in [6.45, 7) is 0.833. The fourth-order valence-corrected chi connectivity index (χ4v) is 4.60. The molecule has 1 unspecified atom stereocenters. The number of aliphatic carboxylic acids is 1. The van der Waals surface area contributed by atoms with Crippen molar-refractivity contribution in [2.24, 2.45) is 0 Å². The Balaban J connectivity index is 1.33. The maximum absolute atomic E-state index is 12.4. The Morgan fingerprint density at radius 1 is 1.09 bits per heavy atom. The van der Waals surface area contributed by atoms with E-state index in [-0.39, 0.29) is 10.9 Å². The number of ether oxygens (including phenoxy) is 2. The molecule has 176 valence electrons. The maximum atomic E-state index is 12.4. The van der Waals surface area contributed by atoms with Crippen LogP contribution in [0.15, 0.2) is 65.6 Å². The van der Waals surface area contributed by atoms with E-state index in [1.807, 2.05) is 24.3 Å². The van der Waals surface area contributed by atoms with Gasteiger partial charge in [0, 0.05) is 39.4 Å². The fraction of sp³-hybridized carbons (Fsp3) is 0.200. The molecule has 0 saturated heterocycles. The number of hydrogen-bond donors (Lipinski definition) is 2. The van der Waals surface area contributed by atoms with Crippen molar-refractivity contribution in [3.63, 3.8) is 0 Å². The Hall–Kier alpha value is -2.87. The Morgan fingerprint density at radius 3 is 2.53 bits per heavy atom. The van der Waals surface area contributed by atoms with Gasteiger partial charge in [0.1, 0.15) is 17.2 Å². The number of amides is 1. The predicted octanol–water partition coefficient (Wildman–Crippen LogP) is 6.26. The van der Waals surface area contributed by atoms with Crippen molar-refractivity contribution in [2.45, 2.75) is 17.2 Å². The van der Waals surface area contributed by atoms with E-state index in [4.69, 9.17) is 32.7 Å². The summed E-state index contributed by atoms with van der Waals surface area (Å²) in [6, 6.07) is 17.4. The van der Waals surface area contributed by atoms with Crippen molar-refractivity contribution in [3.8, 4) is 17.2 Å². The maximum Gasteiger partial charge on any atom is 0.311 e. The minimum atomic E-state index is -0.910. The number of nitrogens with one attached hydrogen (secondary N) is 1. The third-order valence-corrected chi connectivity index (χ3v) is 6.78. The predicted molar refractivity (Wildman–Crippen MR) is 133 cm³/mol. The van der Waals surface area contributed by atoms with E-state index < -0.39 is 11.9 Å². The van der Waals surface area contributed by atoms with Crippen molar-refractivity contribution in [1.29, 1.82) is 0 Å². The monoisotopic (exact) mass is 517 g/mol. The number of rotatable bonds is 8. The third kappa shape index (κ3) is 5.97. The van der Waals surface area contributed by atoms with Crippen LogP contribution in [-0.4, -0.2) is 35.9 Å². The minimum absolute atomic E-state index is 0.178. The van der Waals surface area contributed by atoms with Crippen molar-refractivity contribution in [1.82, 2.24) is 5.32 Å². The van der Waals surface area contributed by atoms with E-state index in [2.05, 4.69) is 5.32 Å². The largest absolute Gasteiger partial charge is 0.493 e. The second kappa shape index (κ2) is 11.0. The molecule has 1 heterocycles. The van der Waals surface area contributed by atoms with Gasteiger partial charge in [-0.2, -0.15) is 0 Å². The summed E-state index contributed by atoms with van der Waals surface area (Å²) in [5, 5.41) is 13.3. The first kappa shape index (κ1) is 24.3. The molecule has 1 aliphatic rings. The molecule has 4 rings (SSSR count). The molecular weight excluding hydrogens is 497 g/mol. The molecule has 9 heteroatoms. The number of carbonyl (C=O) groups excluding carboxylic acids is 1. The first-order valence-corrected chi connectivity index (χ1v) is 12.3. The molecule has 3 aromatic rings. The Kier molecular flexibility index (Phi) is 7.88. The zero-order chi connectivity index (χ0) is 24.1. The van der Waals surface area contributed by atoms with Gasteiger partial charge in [-0.25, -0.2) is 0 Å². The number of thioether (sulfide) groups is 1. The second-order valence-electron chi connectivity index (χ2n) is 7.53. The van der Waals surface area contributed by atoms with Gasteiger partial charge in [0.2, 0.25) is 0 Å². The quantitative estimate of drug-likeness (QED) is 0.271. The summed E-state index contributed by atoms with van der Waals surface area (Å²) in [5.41, 5.74) is 1.05. The summed E-state index contributed by atoms with van der Waals surface area (Å²) in [7, 11) is 0. The zero-order valence-corrected chi connectivity index (χ0v) is 20.3. The SMILES string of the molecule is O=C(NCCSc1ccc(Cl)cc1)c1ccc(Oc2cc3c(cc2Cl)C(C(=O)O)CCO3)cc1. The molecule has 0 bridgehead atoms. The molecule has 3 aromatic carbocycles. The number of benzene rings is 3. The molecule has 0 saturated carbocycles. The molecular formula is C25H21Cl2NO5S. The van der Waals surface area contributed by atoms with Crippen molar-refractivity contribution >= 4 is 46.8 Å². The average Bonchev–Trinajstić information content (AvgIpc) is 2.83.